The molecule has 6 nitrogen and oxygen atoms in total. The molecule has 96 valence electrons. The number of furan rings is 2. The molecule has 0 saturated heterocycles. The first-order valence-electron chi connectivity index (χ1n) is 5.13. The lowest BCUT2D eigenvalue weighted by molar-refractivity contribution is 0.109. The maximum Gasteiger partial charge on any atom is 0.274 e. The highest BCUT2D eigenvalue weighted by Gasteiger charge is 2.23. The Morgan fingerprint density at radius 2 is 2.11 bits per heavy atom. The van der Waals surface area contributed by atoms with E-state index < -0.39 is 16.1 Å². The van der Waals surface area contributed by atoms with E-state index in [1.807, 2.05) is 0 Å². The molecule has 0 fully saturated rings. The first kappa shape index (κ1) is 12.6. The summed E-state index contributed by atoms with van der Waals surface area (Å²) in [5, 5.41) is -0.303. The van der Waals surface area contributed by atoms with E-state index in [0.29, 0.717) is 12.0 Å². The smallest absolute Gasteiger partial charge is 0.274 e. The number of aldehydes is 1. The van der Waals surface area contributed by atoms with Crippen LogP contribution in [0, 0.1) is 0 Å². The Morgan fingerprint density at radius 1 is 1.33 bits per heavy atom. The van der Waals surface area contributed by atoms with Crippen molar-refractivity contribution in [3.05, 3.63) is 42.0 Å². The molecule has 0 aliphatic heterocycles. The third-order valence-electron chi connectivity index (χ3n) is 2.29. The van der Waals surface area contributed by atoms with E-state index >= 15 is 0 Å². The molecule has 18 heavy (non-hydrogen) atoms. The lowest BCUT2D eigenvalue weighted by Gasteiger charge is -2.09. The molecule has 1 atom stereocenters. The number of carbonyl (C=O) groups is 1. The number of rotatable bonds is 5. The maximum atomic E-state index is 11.9. The maximum absolute atomic E-state index is 11.9. The molecule has 2 aromatic rings. The zero-order chi connectivity index (χ0) is 13.2. The first-order chi connectivity index (χ1) is 8.53. The van der Waals surface area contributed by atoms with E-state index in [4.69, 9.17) is 8.83 Å². The highest BCUT2D eigenvalue weighted by atomic mass is 32.2. The average molecular weight is 269 g/mol. The Balaban J connectivity index is 2.19. The van der Waals surface area contributed by atoms with E-state index in [1.165, 1.54) is 18.4 Å². The predicted octanol–water partition coefficient (Wildman–Crippen LogP) is 1.72. The molecule has 0 amide bonds. The van der Waals surface area contributed by atoms with Crippen LogP contribution >= 0.6 is 0 Å². The van der Waals surface area contributed by atoms with E-state index in [0.717, 1.165) is 0 Å². The minimum Gasteiger partial charge on any atom is -0.468 e. The molecule has 2 rings (SSSR count). The van der Waals surface area contributed by atoms with Gasteiger partial charge in [-0.25, -0.2) is 8.42 Å². The first-order valence-corrected chi connectivity index (χ1v) is 6.62. The molecule has 7 heteroatoms. The minimum absolute atomic E-state index is 0.0407. The molecule has 2 heterocycles. The minimum atomic E-state index is -3.81. The topological polar surface area (TPSA) is 89.5 Å². The largest absolute Gasteiger partial charge is 0.468 e. The molecule has 1 unspecified atom stereocenters. The fourth-order valence-corrected chi connectivity index (χ4v) is 2.58. The van der Waals surface area contributed by atoms with Crippen LogP contribution in [0.2, 0.25) is 0 Å². The van der Waals surface area contributed by atoms with Crippen molar-refractivity contribution in [1.29, 1.82) is 0 Å². The second-order valence-electron chi connectivity index (χ2n) is 3.63. The van der Waals surface area contributed by atoms with Gasteiger partial charge in [-0.2, -0.15) is 4.72 Å². The van der Waals surface area contributed by atoms with Gasteiger partial charge in [0, 0.05) is 0 Å². The molecule has 0 aliphatic rings. The number of carbonyl (C=O) groups excluding carboxylic acids is 1. The number of hydrogen-bond acceptors (Lipinski definition) is 5. The summed E-state index contributed by atoms with van der Waals surface area (Å²) in [4.78, 5) is 10.4. The Hall–Kier alpha value is -1.86. The molecule has 0 bridgehead atoms. The van der Waals surface area contributed by atoms with Gasteiger partial charge >= 0.3 is 0 Å². The summed E-state index contributed by atoms with van der Waals surface area (Å²) in [6, 6.07) is 5.30. The lowest BCUT2D eigenvalue weighted by atomic mass is 10.3. The standard InChI is InChI=1S/C11H11NO5S/c1-8(10-3-2-6-16-10)12-18(14,15)11-5-4-9(7-13)17-11/h2-8,12H,1H3. The van der Waals surface area contributed by atoms with Crippen molar-refractivity contribution < 1.29 is 22.0 Å². The zero-order valence-electron chi connectivity index (χ0n) is 9.49. The van der Waals surface area contributed by atoms with Gasteiger partial charge in [-0.1, -0.05) is 0 Å². The van der Waals surface area contributed by atoms with Crippen LogP contribution in [-0.4, -0.2) is 14.7 Å². The summed E-state index contributed by atoms with van der Waals surface area (Å²) in [6.45, 7) is 1.64. The van der Waals surface area contributed by atoms with E-state index in [2.05, 4.69) is 4.72 Å². The SMILES string of the molecule is CC(NS(=O)(=O)c1ccc(C=O)o1)c1ccco1. The molecule has 0 spiro atoms. The molecular formula is C11H11NO5S. The highest BCUT2D eigenvalue weighted by Crippen LogP contribution is 2.18. The molecule has 0 aliphatic carbocycles. The van der Waals surface area contributed by atoms with Gasteiger partial charge in [0.15, 0.2) is 12.0 Å². The predicted molar refractivity (Wildman–Crippen MR) is 61.5 cm³/mol. The molecule has 0 radical (unpaired) electrons. The molecule has 1 N–H and O–H groups in total. The van der Waals surface area contributed by atoms with Crippen molar-refractivity contribution in [2.75, 3.05) is 0 Å². The normalized spacial score (nSPS) is 13.4. The van der Waals surface area contributed by atoms with Crippen LogP contribution in [0.15, 0.2) is 44.5 Å². The summed E-state index contributed by atoms with van der Waals surface area (Å²) in [6.07, 6.45) is 1.90. The lowest BCUT2D eigenvalue weighted by Crippen LogP contribution is -2.26. The van der Waals surface area contributed by atoms with Gasteiger partial charge < -0.3 is 8.83 Å². The Morgan fingerprint density at radius 3 is 2.67 bits per heavy atom. The molecule has 0 aromatic carbocycles. The fraction of sp³-hybridized carbons (Fsp3) is 0.182. The third-order valence-corrected chi connectivity index (χ3v) is 3.70. The highest BCUT2D eigenvalue weighted by molar-refractivity contribution is 7.89. The van der Waals surface area contributed by atoms with Crippen LogP contribution in [-0.2, 0) is 10.0 Å². The fourth-order valence-electron chi connectivity index (χ4n) is 1.43. The van der Waals surface area contributed by atoms with Gasteiger partial charge in [0.25, 0.3) is 10.0 Å². The summed E-state index contributed by atoms with van der Waals surface area (Å²) >= 11 is 0. The molecule has 2 aromatic heterocycles. The molecule has 0 saturated carbocycles. The van der Waals surface area contributed by atoms with Crippen LogP contribution in [0.4, 0.5) is 0 Å². The van der Waals surface area contributed by atoms with Crippen molar-refractivity contribution in [1.82, 2.24) is 4.72 Å². The number of nitrogens with one attached hydrogen (secondary N) is 1. The van der Waals surface area contributed by atoms with Gasteiger partial charge in [-0.3, -0.25) is 4.79 Å². The Labute approximate surface area is 104 Å². The Kier molecular flexibility index (Phi) is 3.35. The van der Waals surface area contributed by atoms with Crippen LogP contribution in [0.5, 0.6) is 0 Å². The van der Waals surface area contributed by atoms with Crippen molar-refractivity contribution >= 4 is 16.3 Å². The van der Waals surface area contributed by atoms with Crippen molar-refractivity contribution in [3.8, 4) is 0 Å². The van der Waals surface area contributed by atoms with E-state index in [-0.39, 0.29) is 10.9 Å². The van der Waals surface area contributed by atoms with Crippen LogP contribution in [0.1, 0.15) is 29.3 Å². The van der Waals surface area contributed by atoms with Gasteiger partial charge in [0.1, 0.15) is 5.76 Å². The third kappa shape index (κ3) is 2.52. The van der Waals surface area contributed by atoms with Gasteiger partial charge in [-0.15, -0.1) is 0 Å². The second kappa shape index (κ2) is 4.79. The monoisotopic (exact) mass is 269 g/mol. The van der Waals surface area contributed by atoms with Crippen molar-refractivity contribution in [2.45, 2.75) is 18.1 Å². The summed E-state index contributed by atoms with van der Waals surface area (Å²) < 4.78 is 36.1. The Bertz CT molecular complexity index is 626. The average Bonchev–Trinajstić information content (AvgIpc) is 3.00. The number of hydrogen-bond donors (Lipinski definition) is 1. The number of sulfonamides is 1. The van der Waals surface area contributed by atoms with E-state index in [1.54, 1.807) is 19.1 Å². The van der Waals surface area contributed by atoms with Gasteiger partial charge in [0.2, 0.25) is 5.09 Å². The zero-order valence-corrected chi connectivity index (χ0v) is 10.3. The van der Waals surface area contributed by atoms with Crippen molar-refractivity contribution in [3.63, 3.8) is 0 Å². The van der Waals surface area contributed by atoms with E-state index in [9.17, 15) is 13.2 Å². The van der Waals surface area contributed by atoms with Crippen LogP contribution in [0.25, 0.3) is 0 Å². The molecular weight excluding hydrogens is 258 g/mol. The quantitative estimate of drug-likeness (QED) is 0.835. The van der Waals surface area contributed by atoms with Gasteiger partial charge in [-0.05, 0) is 31.2 Å². The summed E-state index contributed by atoms with van der Waals surface area (Å²) in [5.74, 6) is 0.446. The summed E-state index contributed by atoms with van der Waals surface area (Å²) in [5.41, 5.74) is 0. The second-order valence-corrected chi connectivity index (χ2v) is 5.28. The van der Waals surface area contributed by atoms with Gasteiger partial charge in [0.05, 0.1) is 12.3 Å². The van der Waals surface area contributed by atoms with Crippen LogP contribution < -0.4 is 4.72 Å². The van der Waals surface area contributed by atoms with Crippen molar-refractivity contribution in [2.24, 2.45) is 0 Å². The summed E-state index contributed by atoms with van der Waals surface area (Å²) in [7, 11) is -3.81. The van der Waals surface area contributed by atoms with Crippen LogP contribution in [0.3, 0.4) is 0 Å².